The minimum atomic E-state index is 0. The van der Waals surface area contributed by atoms with Crippen molar-refractivity contribution in [2.75, 3.05) is 40.5 Å². The van der Waals surface area contributed by atoms with Crippen molar-refractivity contribution in [3.8, 4) is 5.88 Å². The molecule has 8 heteroatoms. The Hall–Kier alpha value is -1.13. The summed E-state index contributed by atoms with van der Waals surface area (Å²) in [6, 6.07) is 5.19. The van der Waals surface area contributed by atoms with Gasteiger partial charge < -0.3 is 20.1 Å². The average Bonchev–Trinajstić information content (AvgIpc) is 3.38. The van der Waals surface area contributed by atoms with E-state index in [1.807, 2.05) is 25.4 Å². The van der Waals surface area contributed by atoms with Gasteiger partial charge in [0.05, 0.1) is 6.61 Å². The fourth-order valence-corrected chi connectivity index (χ4v) is 3.91. The number of nitrogens with one attached hydrogen (secondary N) is 2. The van der Waals surface area contributed by atoms with Crippen LogP contribution in [-0.4, -0.2) is 68.4 Å². The molecule has 0 bridgehead atoms. The number of nitrogens with zero attached hydrogens (tertiary/aromatic N) is 3. The lowest BCUT2D eigenvalue weighted by Gasteiger charge is -2.24. The van der Waals surface area contributed by atoms with Crippen LogP contribution in [0.15, 0.2) is 23.3 Å². The van der Waals surface area contributed by atoms with Crippen molar-refractivity contribution in [3.63, 3.8) is 0 Å². The molecule has 1 saturated carbocycles. The molecule has 1 aromatic rings. The second-order valence-electron chi connectivity index (χ2n) is 7.33. The standard InChI is InChI=1S/C20H33N5O2.HI/c1-21-20(24-17-9-10-25(15-17)18-5-3-4-6-18)23-14-16-7-8-19(22-13-16)27-12-11-26-2;/h7-8,13,17-18H,3-6,9-12,14-15H2,1-2H3,(H2,21,23,24);1H. The van der Waals surface area contributed by atoms with E-state index in [0.29, 0.717) is 31.7 Å². The van der Waals surface area contributed by atoms with E-state index in [4.69, 9.17) is 9.47 Å². The van der Waals surface area contributed by atoms with Gasteiger partial charge in [0.1, 0.15) is 6.61 Å². The normalized spacial score (nSPS) is 20.8. The lowest BCUT2D eigenvalue weighted by Crippen LogP contribution is -2.45. The summed E-state index contributed by atoms with van der Waals surface area (Å²) < 4.78 is 10.5. The fraction of sp³-hybridized carbons (Fsp3) is 0.700. The van der Waals surface area contributed by atoms with E-state index in [2.05, 4.69) is 25.5 Å². The zero-order valence-corrected chi connectivity index (χ0v) is 19.4. The number of aromatic nitrogens is 1. The van der Waals surface area contributed by atoms with E-state index in [1.54, 1.807) is 7.11 Å². The van der Waals surface area contributed by atoms with Crippen LogP contribution in [0.4, 0.5) is 0 Å². The maximum Gasteiger partial charge on any atom is 0.213 e. The second-order valence-corrected chi connectivity index (χ2v) is 7.33. The molecule has 1 saturated heterocycles. The van der Waals surface area contributed by atoms with Crippen LogP contribution in [0.5, 0.6) is 5.88 Å². The number of pyridine rings is 1. The summed E-state index contributed by atoms with van der Waals surface area (Å²) in [5.74, 6) is 1.48. The summed E-state index contributed by atoms with van der Waals surface area (Å²) in [6.45, 7) is 4.08. The Balaban J connectivity index is 0.00000280. The van der Waals surface area contributed by atoms with Crippen molar-refractivity contribution in [2.24, 2.45) is 4.99 Å². The number of likely N-dealkylation sites (tertiary alicyclic amines) is 1. The summed E-state index contributed by atoms with van der Waals surface area (Å²) >= 11 is 0. The topological polar surface area (TPSA) is 71.0 Å². The first kappa shape index (κ1) is 23.2. The van der Waals surface area contributed by atoms with E-state index < -0.39 is 0 Å². The van der Waals surface area contributed by atoms with Gasteiger partial charge in [0.15, 0.2) is 5.96 Å². The van der Waals surface area contributed by atoms with Crippen molar-refractivity contribution >= 4 is 29.9 Å². The van der Waals surface area contributed by atoms with E-state index in [-0.39, 0.29) is 24.0 Å². The predicted octanol–water partition coefficient (Wildman–Crippen LogP) is 2.41. The van der Waals surface area contributed by atoms with Crippen molar-refractivity contribution in [1.82, 2.24) is 20.5 Å². The van der Waals surface area contributed by atoms with Crippen molar-refractivity contribution in [3.05, 3.63) is 23.9 Å². The number of methoxy groups -OCH3 is 1. The van der Waals surface area contributed by atoms with Crippen LogP contribution < -0.4 is 15.4 Å². The minimum Gasteiger partial charge on any atom is -0.475 e. The number of guanidine groups is 1. The Morgan fingerprint density at radius 2 is 2.07 bits per heavy atom. The van der Waals surface area contributed by atoms with Crippen LogP contribution in [0, 0.1) is 0 Å². The Morgan fingerprint density at radius 3 is 2.75 bits per heavy atom. The molecule has 0 spiro atoms. The van der Waals surface area contributed by atoms with Crippen molar-refractivity contribution in [1.29, 1.82) is 0 Å². The van der Waals surface area contributed by atoms with Gasteiger partial charge in [-0.2, -0.15) is 0 Å². The van der Waals surface area contributed by atoms with Crippen LogP contribution in [-0.2, 0) is 11.3 Å². The molecule has 2 fully saturated rings. The highest BCUT2D eigenvalue weighted by atomic mass is 127. The molecule has 7 nitrogen and oxygen atoms in total. The summed E-state index contributed by atoms with van der Waals surface area (Å²) in [5, 5.41) is 6.96. The summed E-state index contributed by atoms with van der Waals surface area (Å²) in [4.78, 5) is 11.4. The van der Waals surface area contributed by atoms with Gasteiger partial charge in [-0.15, -0.1) is 24.0 Å². The number of ether oxygens (including phenoxy) is 2. The highest BCUT2D eigenvalue weighted by Crippen LogP contribution is 2.26. The predicted molar refractivity (Wildman–Crippen MR) is 123 cm³/mol. The van der Waals surface area contributed by atoms with Gasteiger partial charge in [-0.25, -0.2) is 4.98 Å². The van der Waals surface area contributed by atoms with Gasteiger partial charge in [0, 0.05) is 58.1 Å². The zero-order valence-electron chi connectivity index (χ0n) is 17.0. The Bertz CT molecular complexity index is 593. The van der Waals surface area contributed by atoms with Gasteiger partial charge in [-0.05, 0) is 24.8 Å². The minimum absolute atomic E-state index is 0. The first-order valence-electron chi connectivity index (χ1n) is 10.1. The van der Waals surface area contributed by atoms with Gasteiger partial charge in [0.25, 0.3) is 0 Å². The van der Waals surface area contributed by atoms with Gasteiger partial charge >= 0.3 is 0 Å². The maximum atomic E-state index is 5.49. The number of rotatable bonds is 8. The van der Waals surface area contributed by atoms with Crippen molar-refractivity contribution < 1.29 is 9.47 Å². The van der Waals surface area contributed by atoms with E-state index in [9.17, 15) is 0 Å². The van der Waals surface area contributed by atoms with Crippen LogP contribution in [0.2, 0.25) is 0 Å². The summed E-state index contributed by atoms with van der Waals surface area (Å²) in [5.41, 5.74) is 1.09. The number of hydrogen-bond acceptors (Lipinski definition) is 5. The van der Waals surface area contributed by atoms with Gasteiger partial charge in [0.2, 0.25) is 5.88 Å². The second kappa shape index (κ2) is 12.4. The first-order valence-corrected chi connectivity index (χ1v) is 10.1. The molecule has 0 radical (unpaired) electrons. The van der Waals surface area contributed by atoms with Crippen LogP contribution in [0.1, 0.15) is 37.7 Å². The average molecular weight is 503 g/mol. The molecule has 1 atom stereocenters. The van der Waals surface area contributed by atoms with Crippen LogP contribution in [0.25, 0.3) is 0 Å². The highest BCUT2D eigenvalue weighted by Gasteiger charge is 2.30. The third-order valence-electron chi connectivity index (χ3n) is 5.42. The number of halogens is 1. The summed E-state index contributed by atoms with van der Waals surface area (Å²) in [7, 11) is 3.48. The molecule has 2 aliphatic rings. The van der Waals surface area contributed by atoms with Gasteiger partial charge in [-0.3, -0.25) is 9.89 Å². The fourth-order valence-electron chi connectivity index (χ4n) is 3.91. The third kappa shape index (κ3) is 7.04. The molecule has 2 N–H and O–H groups in total. The van der Waals surface area contributed by atoms with E-state index in [0.717, 1.165) is 24.1 Å². The number of hydrogen-bond donors (Lipinski definition) is 2. The first-order chi connectivity index (χ1) is 13.3. The number of aliphatic imine (C=N–C) groups is 1. The van der Waals surface area contributed by atoms with E-state index in [1.165, 1.54) is 38.6 Å². The smallest absolute Gasteiger partial charge is 0.213 e. The van der Waals surface area contributed by atoms with Gasteiger partial charge in [-0.1, -0.05) is 18.9 Å². The molecule has 1 unspecified atom stereocenters. The molecule has 0 amide bonds. The molecule has 28 heavy (non-hydrogen) atoms. The molecule has 2 heterocycles. The zero-order chi connectivity index (χ0) is 18.9. The molecule has 158 valence electrons. The van der Waals surface area contributed by atoms with E-state index >= 15 is 0 Å². The van der Waals surface area contributed by atoms with Crippen LogP contribution in [0.3, 0.4) is 0 Å². The molecular weight excluding hydrogens is 469 g/mol. The molecule has 1 aliphatic heterocycles. The molecule has 1 aliphatic carbocycles. The molecule has 1 aromatic heterocycles. The SMILES string of the molecule is CN=C(NCc1ccc(OCCOC)nc1)NC1CCN(C2CCCC2)C1.I. The Labute approximate surface area is 185 Å². The lowest BCUT2D eigenvalue weighted by atomic mass is 10.2. The largest absolute Gasteiger partial charge is 0.475 e. The Kier molecular flexibility index (Phi) is 10.3. The maximum absolute atomic E-state index is 5.49. The van der Waals surface area contributed by atoms with Crippen LogP contribution >= 0.6 is 24.0 Å². The molecule has 0 aromatic carbocycles. The van der Waals surface area contributed by atoms with Crippen molar-refractivity contribution in [2.45, 2.75) is 50.7 Å². The summed E-state index contributed by atoms with van der Waals surface area (Å²) in [6.07, 6.45) is 8.56. The monoisotopic (exact) mass is 503 g/mol. The molecular formula is C20H34IN5O2. The quantitative estimate of drug-likeness (QED) is 0.246. The molecule has 3 rings (SSSR count). The highest BCUT2D eigenvalue weighted by molar-refractivity contribution is 14.0. The Morgan fingerprint density at radius 1 is 1.25 bits per heavy atom. The lowest BCUT2D eigenvalue weighted by molar-refractivity contribution is 0.143. The third-order valence-corrected chi connectivity index (χ3v) is 5.42.